The Bertz CT molecular complexity index is 272. The van der Waals surface area contributed by atoms with E-state index in [1.807, 2.05) is 0 Å². The molecular weight excluding hydrogens is 198 g/mol. The number of carbonyl (C=O) groups is 1. The molecule has 2 nitrogen and oxygen atoms in total. The summed E-state index contributed by atoms with van der Waals surface area (Å²) >= 11 is 0. The highest BCUT2D eigenvalue weighted by atomic mass is 16.2. The van der Waals surface area contributed by atoms with Crippen LogP contribution in [0.3, 0.4) is 0 Å². The third-order valence-corrected chi connectivity index (χ3v) is 4.46. The second kappa shape index (κ2) is 4.38. The molecule has 0 aromatic rings. The van der Waals surface area contributed by atoms with Crippen molar-refractivity contribution in [3.8, 4) is 0 Å². The van der Waals surface area contributed by atoms with Gasteiger partial charge < -0.3 is 4.90 Å². The standard InChI is InChI=1S/C14H25NO/c1-9(2)12-8-11-6-5-7-13(10(3)4)15(11)14(12)16/h9-13H,5-8H2,1-4H3/t11-,12-,13+/m1/s1. The summed E-state index contributed by atoms with van der Waals surface area (Å²) in [4.78, 5) is 14.7. The van der Waals surface area contributed by atoms with Gasteiger partial charge in [0, 0.05) is 18.0 Å². The maximum atomic E-state index is 12.4. The molecule has 2 aliphatic heterocycles. The van der Waals surface area contributed by atoms with Crippen LogP contribution in [0.2, 0.25) is 0 Å². The van der Waals surface area contributed by atoms with Gasteiger partial charge in [-0.15, -0.1) is 0 Å². The molecule has 0 saturated carbocycles. The van der Waals surface area contributed by atoms with Gasteiger partial charge in [-0.1, -0.05) is 27.7 Å². The molecule has 2 aliphatic rings. The molecule has 2 heterocycles. The summed E-state index contributed by atoms with van der Waals surface area (Å²) < 4.78 is 0. The zero-order valence-corrected chi connectivity index (χ0v) is 11.1. The van der Waals surface area contributed by atoms with Gasteiger partial charge >= 0.3 is 0 Å². The fourth-order valence-corrected chi connectivity index (χ4v) is 3.48. The first-order chi connectivity index (χ1) is 7.52. The van der Waals surface area contributed by atoms with E-state index in [4.69, 9.17) is 0 Å². The normalized spacial score (nSPS) is 35.0. The topological polar surface area (TPSA) is 20.3 Å². The number of nitrogens with zero attached hydrogens (tertiary/aromatic N) is 1. The Kier molecular flexibility index (Phi) is 3.27. The molecule has 0 radical (unpaired) electrons. The van der Waals surface area contributed by atoms with Crippen molar-refractivity contribution in [2.45, 2.75) is 65.5 Å². The van der Waals surface area contributed by atoms with Gasteiger partial charge in [0.05, 0.1) is 0 Å². The molecule has 2 rings (SSSR count). The molecule has 16 heavy (non-hydrogen) atoms. The quantitative estimate of drug-likeness (QED) is 0.704. The van der Waals surface area contributed by atoms with Crippen LogP contribution in [0.1, 0.15) is 53.4 Å². The van der Waals surface area contributed by atoms with Crippen molar-refractivity contribution < 1.29 is 4.79 Å². The largest absolute Gasteiger partial charge is 0.336 e. The van der Waals surface area contributed by atoms with Crippen LogP contribution in [0.4, 0.5) is 0 Å². The van der Waals surface area contributed by atoms with Gasteiger partial charge in [-0.25, -0.2) is 0 Å². The van der Waals surface area contributed by atoms with Crippen molar-refractivity contribution in [1.82, 2.24) is 4.90 Å². The number of piperidine rings is 1. The monoisotopic (exact) mass is 223 g/mol. The van der Waals surface area contributed by atoms with E-state index in [1.54, 1.807) is 0 Å². The van der Waals surface area contributed by atoms with Crippen molar-refractivity contribution in [1.29, 1.82) is 0 Å². The average molecular weight is 223 g/mol. The number of rotatable bonds is 2. The SMILES string of the molecule is CC(C)[C@H]1C[C@H]2CCC[C@@H](C(C)C)N2C1=O. The first-order valence-electron chi connectivity index (χ1n) is 6.84. The van der Waals surface area contributed by atoms with Crippen LogP contribution in [-0.2, 0) is 4.79 Å². The zero-order valence-electron chi connectivity index (χ0n) is 11.1. The second-order valence-electron chi connectivity index (χ2n) is 6.23. The Balaban J connectivity index is 2.18. The Labute approximate surface area is 99.4 Å². The van der Waals surface area contributed by atoms with E-state index < -0.39 is 0 Å². The summed E-state index contributed by atoms with van der Waals surface area (Å²) in [5.41, 5.74) is 0. The lowest BCUT2D eigenvalue weighted by molar-refractivity contribution is -0.137. The Morgan fingerprint density at radius 2 is 1.81 bits per heavy atom. The molecule has 2 heteroatoms. The lowest BCUT2D eigenvalue weighted by atomic mass is 9.89. The molecular formula is C14H25NO. The van der Waals surface area contributed by atoms with E-state index in [2.05, 4.69) is 32.6 Å². The van der Waals surface area contributed by atoms with E-state index in [0.717, 1.165) is 6.42 Å². The summed E-state index contributed by atoms with van der Waals surface area (Å²) in [6, 6.07) is 1.07. The van der Waals surface area contributed by atoms with E-state index in [9.17, 15) is 4.79 Å². The third kappa shape index (κ3) is 1.87. The highest BCUT2D eigenvalue weighted by molar-refractivity contribution is 5.82. The van der Waals surface area contributed by atoms with Crippen LogP contribution in [0.5, 0.6) is 0 Å². The molecule has 1 amide bonds. The fourth-order valence-electron chi connectivity index (χ4n) is 3.48. The van der Waals surface area contributed by atoms with Gasteiger partial charge in [0.25, 0.3) is 0 Å². The first kappa shape index (κ1) is 11.9. The fraction of sp³-hybridized carbons (Fsp3) is 0.929. The summed E-state index contributed by atoms with van der Waals surface area (Å²) in [5.74, 6) is 1.85. The zero-order chi connectivity index (χ0) is 11.9. The number of hydrogen-bond acceptors (Lipinski definition) is 1. The molecule has 92 valence electrons. The van der Waals surface area contributed by atoms with Gasteiger partial charge in [-0.3, -0.25) is 4.79 Å². The Morgan fingerprint density at radius 1 is 1.12 bits per heavy atom. The van der Waals surface area contributed by atoms with Gasteiger partial charge in [0.15, 0.2) is 0 Å². The van der Waals surface area contributed by atoms with Gasteiger partial charge in [-0.05, 0) is 37.5 Å². The van der Waals surface area contributed by atoms with E-state index in [1.165, 1.54) is 19.3 Å². The summed E-state index contributed by atoms with van der Waals surface area (Å²) in [7, 11) is 0. The average Bonchev–Trinajstić information content (AvgIpc) is 2.56. The van der Waals surface area contributed by atoms with Crippen molar-refractivity contribution in [3.63, 3.8) is 0 Å². The minimum atomic E-state index is 0.296. The van der Waals surface area contributed by atoms with Crippen molar-refractivity contribution >= 4 is 5.91 Å². The highest BCUT2D eigenvalue weighted by Crippen LogP contribution is 2.39. The smallest absolute Gasteiger partial charge is 0.226 e. The number of carbonyl (C=O) groups excluding carboxylic acids is 1. The summed E-state index contributed by atoms with van der Waals surface area (Å²) in [5, 5.41) is 0. The number of amides is 1. The predicted octanol–water partition coefficient (Wildman–Crippen LogP) is 3.07. The van der Waals surface area contributed by atoms with Crippen molar-refractivity contribution in [3.05, 3.63) is 0 Å². The molecule has 0 N–H and O–H groups in total. The lowest BCUT2D eigenvalue weighted by Gasteiger charge is -2.40. The van der Waals surface area contributed by atoms with E-state index in [-0.39, 0.29) is 0 Å². The van der Waals surface area contributed by atoms with Crippen molar-refractivity contribution in [2.75, 3.05) is 0 Å². The van der Waals surface area contributed by atoms with E-state index in [0.29, 0.717) is 35.7 Å². The predicted molar refractivity (Wildman–Crippen MR) is 66.1 cm³/mol. The molecule has 3 atom stereocenters. The van der Waals surface area contributed by atoms with Crippen LogP contribution in [0.15, 0.2) is 0 Å². The molecule has 0 aromatic carbocycles. The highest BCUT2D eigenvalue weighted by Gasteiger charge is 2.45. The second-order valence-corrected chi connectivity index (χ2v) is 6.23. The maximum absolute atomic E-state index is 12.4. The van der Waals surface area contributed by atoms with Crippen LogP contribution in [0, 0.1) is 17.8 Å². The molecule has 0 aromatic heterocycles. The van der Waals surface area contributed by atoms with Gasteiger partial charge in [0.1, 0.15) is 0 Å². The van der Waals surface area contributed by atoms with Crippen LogP contribution >= 0.6 is 0 Å². The van der Waals surface area contributed by atoms with Gasteiger partial charge in [0.2, 0.25) is 5.91 Å². The summed E-state index contributed by atoms with van der Waals surface area (Å²) in [6.45, 7) is 8.88. The van der Waals surface area contributed by atoms with Crippen LogP contribution in [-0.4, -0.2) is 22.9 Å². The number of hydrogen-bond donors (Lipinski definition) is 0. The maximum Gasteiger partial charge on any atom is 0.226 e. The Hall–Kier alpha value is -0.530. The number of fused-ring (bicyclic) bond motifs is 1. The molecule has 2 fully saturated rings. The molecule has 2 saturated heterocycles. The minimum Gasteiger partial charge on any atom is -0.336 e. The molecule has 0 unspecified atom stereocenters. The molecule has 0 bridgehead atoms. The van der Waals surface area contributed by atoms with Crippen LogP contribution in [0.25, 0.3) is 0 Å². The summed E-state index contributed by atoms with van der Waals surface area (Å²) in [6.07, 6.45) is 4.87. The first-order valence-corrected chi connectivity index (χ1v) is 6.84. The molecule has 0 spiro atoms. The van der Waals surface area contributed by atoms with Gasteiger partial charge in [-0.2, -0.15) is 0 Å². The van der Waals surface area contributed by atoms with Crippen molar-refractivity contribution in [2.24, 2.45) is 17.8 Å². The third-order valence-electron chi connectivity index (χ3n) is 4.46. The minimum absolute atomic E-state index is 0.296. The van der Waals surface area contributed by atoms with E-state index >= 15 is 0 Å². The van der Waals surface area contributed by atoms with Crippen LogP contribution < -0.4 is 0 Å². The molecule has 0 aliphatic carbocycles. The Morgan fingerprint density at radius 3 is 2.38 bits per heavy atom. The lowest BCUT2D eigenvalue weighted by Crippen LogP contribution is -2.48.